The summed E-state index contributed by atoms with van der Waals surface area (Å²) in [5.74, 6) is 0.0240. The van der Waals surface area contributed by atoms with Gasteiger partial charge < -0.3 is 10.5 Å². The van der Waals surface area contributed by atoms with Crippen molar-refractivity contribution in [2.24, 2.45) is 0 Å². The van der Waals surface area contributed by atoms with Gasteiger partial charge in [0.05, 0.1) is 23.8 Å². The number of benzene rings is 2. The average Bonchev–Trinajstić information content (AvgIpc) is 2.74. The molecular formula is C14H11ClFN3O. The first-order valence-electron chi connectivity index (χ1n) is 5.87. The first-order chi connectivity index (χ1) is 9.60. The maximum absolute atomic E-state index is 13.5. The van der Waals surface area contributed by atoms with Crippen LogP contribution in [0.1, 0.15) is 0 Å². The fourth-order valence-electron chi connectivity index (χ4n) is 2.13. The first-order valence-corrected chi connectivity index (χ1v) is 6.25. The highest BCUT2D eigenvalue weighted by molar-refractivity contribution is 6.31. The molecule has 0 bridgehead atoms. The van der Waals surface area contributed by atoms with E-state index < -0.39 is 5.82 Å². The van der Waals surface area contributed by atoms with E-state index in [1.807, 2.05) is 6.07 Å². The lowest BCUT2D eigenvalue weighted by atomic mass is 10.2. The Kier molecular flexibility index (Phi) is 2.99. The smallest absolute Gasteiger partial charge is 0.205 e. The normalized spacial score (nSPS) is 10.9. The molecule has 0 fully saturated rings. The van der Waals surface area contributed by atoms with Crippen molar-refractivity contribution in [2.75, 3.05) is 12.8 Å². The summed E-state index contributed by atoms with van der Waals surface area (Å²) in [5, 5.41) is 0.582. The van der Waals surface area contributed by atoms with Gasteiger partial charge in [-0.05, 0) is 30.3 Å². The second-order valence-corrected chi connectivity index (χ2v) is 4.69. The zero-order valence-corrected chi connectivity index (χ0v) is 11.4. The number of nitrogen functional groups attached to an aromatic ring is 1. The fraction of sp³-hybridized carbons (Fsp3) is 0.0714. The molecule has 2 N–H and O–H groups in total. The fourth-order valence-corrected chi connectivity index (χ4v) is 2.30. The van der Waals surface area contributed by atoms with Gasteiger partial charge in [-0.2, -0.15) is 0 Å². The van der Waals surface area contributed by atoms with Crippen molar-refractivity contribution in [3.63, 3.8) is 0 Å². The molecule has 1 heterocycles. The average molecular weight is 292 g/mol. The van der Waals surface area contributed by atoms with Gasteiger partial charge in [0.1, 0.15) is 0 Å². The Labute approximate surface area is 119 Å². The molecule has 1 aromatic heterocycles. The summed E-state index contributed by atoms with van der Waals surface area (Å²) >= 11 is 5.94. The molecule has 3 rings (SSSR count). The van der Waals surface area contributed by atoms with E-state index in [9.17, 15) is 4.39 Å². The molecule has 102 valence electrons. The van der Waals surface area contributed by atoms with Crippen LogP contribution in [-0.2, 0) is 0 Å². The van der Waals surface area contributed by atoms with Crippen molar-refractivity contribution in [2.45, 2.75) is 0 Å². The lowest BCUT2D eigenvalue weighted by molar-refractivity contribution is 0.386. The number of aromatic nitrogens is 2. The van der Waals surface area contributed by atoms with E-state index in [-0.39, 0.29) is 5.75 Å². The van der Waals surface area contributed by atoms with Crippen molar-refractivity contribution in [1.82, 2.24) is 9.55 Å². The Morgan fingerprint density at radius 3 is 2.80 bits per heavy atom. The number of nitrogens with two attached hydrogens (primary N) is 1. The molecule has 0 amide bonds. The Morgan fingerprint density at radius 2 is 2.05 bits per heavy atom. The number of nitrogens with zero attached hydrogens (tertiary/aromatic N) is 2. The number of methoxy groups -OCH3 is 1. The van der Waals surface area contributed by atoms with E-state index in [0.29, 0.717) is 22.2 Å². The minimum absolute atomic E-state index is 0.151. The van der Waals surface area contributed by atoms with Crippen LogP contribution in [0.2, 0.25) is 5.02 Å². The van der Waals surface area contributed by atoms with Crippen LogP contribution in [0.4, 0.5) is 10.3 Å². The molecule has 0 unspecified atom stereocenters. The molecule has 0 aliphatic rings. The number of ether oxygens (including phenoxy) is 1. The van der Waals surface area contributed by atoms with Gasteiger partial charge in [-0.3, -0.25) is 4.57 Å². The molecule has 2 aromatic carbocycles. The van der Waals surface area contributed by atoms with Crippen molar-refractivity contribution in [3.05, 3.63) is 47.2 Å². The van der Waals surface area contributed by atoms with Crippen molar-refractivity contribution >= 4 is 28.6 Å². The number of hydrogen-bond donors (Lipinski definition) is 1. The Morgan fingerprint density at radius 1 is 1.25 bits per heavy atom. The number of fused-ring (bicyclic) bond motifs is 1. The number of anilines is 1. The van der Waals surface area contributed by atoms with Gasteiger partial charge in [0.25, 0.3) is 0 Å². The number of rotatable bonds is 2. The van der Waals surface area contributed by atoms with Crippen molar-refractivity contribution < 1.29 is 9.13 Å². The summed E-state index contributed by atoms with van der Waals surface area (Å²) in [6, 6.07) is 9.81. The highest BCUT2D eigenvalue weighted by Crippen LogP contribution is 2.28. The van der Waals surface area contributed by atoms with Crippen LogP contribution in [0.25, 0.3) is 16.7 Å². The van der Waals surface area contributed by atoms with Gasteiger partial charge in [-0.25, -0.2) is 9.37 Å². The van der Waals surface area contributed by atoms with Crippen LogP contribution >= 0.6 is 11.6 Å². The molecule has 0 spiro atoms. The van der Waals surface area contributed by atoms with Gasteiger partial charge in [0, 0.05) is 11.1 Å². The predicted octanol–water partition coefficient (Wildman–Crippen LogP) is 3.41. The maximum atomic E-state index is 13.5. The highest BCUT2D eigenvalue weighted by atomic mass is 35.5. The Hall–Kier alpha value is -2.27. The Bertz CT molecular complexity index is 800. The van der Waals surface area contributed by atoms with Crippen molar-refractivity contribution in [3.8, 4) is 11.4 Å². The summed E-state index contributed by atoms with van der Waals surface area (Å²) in [6.45, 7) is 0. The van der Waals surface area contributed by atoms with E-state index >= 15 is 0 Å². The molecule has 0 saturated heterocycles. The second-order valence-electron chi connectivity index (χ2n) is 4.26. The molecule has 3 aromatic rings. The SMILES string of the molecule is COc1cc(-n2c(N)nc3cc(Cl)ccc32)ccc1F. The summed E-state index contributed by atoms with van der Waals surface area (Å²) in [6.07, 6.45) is 0. The van der Waals surface area contributed by atoms with Gasteiger partial charge in [0.2, 0.25) is 5.95 Å². The third kappa shape index (κ3) is 1.96. The molecule has 0 aliphatic carbocycles. The quantitative estimate of drug-likeness (QED) is 0.787. The van der Waals surface area contributed by atoms with E-state index in [1.165, 1.54) is 13.2 Å². The summed E-state index contributed by atoms with van der Waals surface area (Å²) in [4.78, 5) is 4.25. The van der Waals surface area contributed by atoms with E-state index in [1.54, 1.807) is 28.8 Å². The van der Waals surface area contributed by atoms with E-state index in [4.69, 9.17) is 22.1 Å². The summed E-state index contributed by atoms with van der Waals surface area (Å²) < 4.78 is 20.2. The lowest BCUT2D eigenvalue weighted by Crippen LogP contribution is -2.01. The standard InChI is InChI=1S/C14H11ClFN3O/c1-20-13-7-9(3-4-10(13)16)19-12-5-2-8(15)6-11(12)18-14(19)17/h2-7H,1H3,(H2,17,18). The lowest BCUT2D eigenvalue weighted by Gasteiger charge is -2.09. The van der Waals surface area contributed by atoms with Gasteiger partial charge in [-0.1, -0.05) is 11.6 Å². The van der Waals surface area contributed by atoms with E-state index in [0.717, 1.165) is 5.52 Å². The molecule has 0 saturated carbocycles. The molecule has 4 nitrogen and oxygen atoms in total. The Balaban J connectivity index is 2.26. The second kappa shape index (κ2) is 4.68. The minimum atomic E-state index is -0.428. The van der Waals surface area contributed by atoms with Crippen LogP contribution in [0.15, 0.2) is 36.4 Å². The number of halogens is 2. The molecule has 0 aliphatic heterocycles. The van der Waals surface area contributed by atoms with E-state index in [2.05, 4.69) is 4.98 Å². The summed E-state index contributed by atoms with van der Waals surface area (Å²) in [7, 11) is 1.41. The van der Waals surface area contributed by atoms with Gasteiger partial charge in [0.15, 0.2) is 11.6 Å². The van der Waals surface area contributed by atoms with Crippen LogP contribution in [-0.4, -0.2) is 16.7 Å². The minimum Gasteiger partial charge on any atom is -0.494 e. The highest BCUT2D eigenvalue weighted by Gasteiger charge is 2.12. The zero-order chi connectivity index (χ0) is 14.3. The third-order valence-electron chi connectivity index (χ3n) is 3.04. The molecule has 0 radical (unpaired) electrons. The van der Waals surface area contributed by atoms with Crippen molar-refractivity contribution in [1.29, 1.82) is 0 Å². The third-order valence-corrected chi connectivity index (χ3v) is 3.27. The predicted molar refractivity (Wildman–Crippen MR) is 77.0 cm³/mol. The molecular weight excluding hydrogens is 281 g/mol. The molecule has 20 heavy (non-hydrogen) atoms. The number of imidazole rings is 1. The van der Waals surface area contributed by atoms with Crippen LogP contribution in [0.5, 0.6) is 5.75 Å². The van der Waals surface area contributed by atoms with Crippen LogP contribution in [0, 0.1) is 5.82 Å². The van der Waals surface area contributed by atoms with Crippen LogP contribution in [0.3, 0.4) is 0 Å². The first kappa shape index (κ1) is 12.7. The van der Waals surface area contributed by atoms with Crippen LogP contribution < -0.4 is 10.5 Å². The largest absolute Gasteiger partial charge is 0.494 e. The monoisotopic (exact) mass is 291 g/mol. The van der Waals surface area contributed by atoms with Gasteiger partial charge >= 0.3 is 0 Å². The molecule has 6 heteroatoms. The van der Waals surface area contributed by atoms with Gasteiger partial charge in [-0.15, -0.1) is 0 Å². The number of hydrogen-bond acceptors (Lipinski definition) is 3. The molecule has 0 atom stereocenters. The maximum Gasteiger partial charge on any atom is 0.205 e. The zero-order valence-electron chi connectivity index (χ0n) is 10.6. The topological polar surface area (TPSA) is 53.1 Å². The summed E-state index contributed by atoms with van der Waals surface area (Å²) in [5.41, 5.74) is 8.08.